The van der Waals surface area contributed by atoms with E-state index in [1.54, 1.807) is 13.3 Å². The SMILES string of the molecule is COCCNCC(=O)NCc1nccs1. The maximum absolute atomic E-state index is 11.3. The van der Waals surface area contributed by atoms with Gasteiger partial charge in [-0.25, -0.2) is 4.98 Å². The van der Waals surface area contributed by atoms with Crippen LogP contribution >= 0.6 is 11.3 Å². The number of ether oxygens (including phenoxy) is 1. The van der Waals surface area contributed by atoms with Crippen LogP contribution in [-0.2, 0) is 16.1 Å². The summed E-state index contributed by atoms with van der Waals surface area (Å²) in [6.45, 7) is 2.11. The van der Waals surface area contributed by atoms with Gasteiger partial charge in [-0.05, 0) is 0 Å². The highest BCUT2D eigenvalue weighted by atomic mass is 32.1. The first-order chi connectivity index (χ1) is 7.33. The minimum absolute atomic E-state index is 0.0266. The van der Waals surface area contributed by atoms with Gasteiger partial charge in [0.2, 0.25) is 5.91 Å². The molecule has 0 unspecified atom stereocenters. The number of carbonyl (C=O) groups is 1. The highest BCUT2D eigenvalue weighted by Gasteiger charge is 2.01. The number of nitrogens with zero attached hydrogens (tertiary/aromatic N) is 1. The molecule has 2 N–H and O–H groups in total. The monoisotopic (exact) mass is 229 g/mol. The topological polar surface area (TPSA) is 63.2 Å². The molecule has 6 heteroatoms. The number of aromatic nitrogens is 1. The average Bonchev–Trinajstić information content (AvgIpc) is 2.74. The Morgan fingerprint density at radius 1 is 1.67 bits per heavy atom. The molecule has 0 fully saturated rings. The van der Waals surface area contributed by atoms with Gasteiger partial charge in [-0.2, -0.15) is 0 Å². The molecule has 5 nitrogen and oxygen atoms in total. The van der Waals surface area contributed by atoms with Gasteiger partial charge < -0.3 is 15.4 Å². The Balaban J connectivity index is 2.04. The Labute approximate surface area is 92.9 Å². The van der Waals surface area contributed by atoms with Gasteiger partial charge in [0.1, 0.15) is 5.01 Å². The summed E-state index contributed by atoms with van der Waals surface area (Å²) in [5, 5.41) is 8.53. The van der Waals surface area contributed by atoms with E-state index < -0.39 is 0 Å². The Kier molecular flexibility index (Phi) is 5.91. The zero-order valence-corrected chi connectivity index (χ0v) is 9.47. The lowest BCUT2D eigenvalue weighted by molar-refractivity contribution is -0.120. The third-order valence-corrected chi connectivity index (χ3v) is 2.47. The molecule has 15 heavy (non-hydrogen) atoms. The van der Waals surface area contributed by atoms with E-state index >= 15 is 0 Å². The van der Waals surface area contributed by atoms with E-state index in [0.717, 1.165) is 5.01 Å². The summed E-state index contributed by atoms with van der Waals surface area (Å²) >= 11 is 1.53. The molecule has 0 atom stereocenters. The van der Waals surface area contributed by atoms with Crippen LogP contribution in [-0.4, -0.2) is 37.7 Å². The maximum atomic E-state index is 11.3. The van der Waals surface area contributed by atoms with Crippen molar-refractivity contribution in [2.24, 2.45) is 0 Å². The van der Waals surface area contributed by atoms with Gasteiger partial charge in [0, 0.05) is 25.2 Å². The molecule has 0 radical (unpaired) electrons. The number of nitrogens with one attached hydrogen (secondary N) is 2. The largest absolute Gasteiger partial charge is 0.383 e. The first-order valence-corrected chi connectivity index (χ1v) is 5.55. The average molecular weight is 229 g/mol. The predicted octanol–water partition coefficient (Wildman–Crippen LogP) is -0.00470. The van der Waals surface area contributed by atoms with Gasteiger partial charge in [-0.1, -0.05) is 0 Å². The number of hydrogen-bond donors (Lipinski definition) is 2. The minimum Gasteiger partial charge on any atom is -0.383 e. The lowest BCUT2D eigenvalue weighted by Gasteiger charge is -2.04. The highest BCUT2D eigenvalue weighted by molar-refractivity contribution is 7.09. The summed E-state index contributed by atoms with van der Waals surface area (Å²) in [7, 11) is 1.63. The Morgan fingerprint density at radius 3 is 3.20 bits per heavy atom. The van der Waals surface area contributed by atoms with E-state index in [9.17, 15) is 4.79 Å². The van der Waals surface area contributed by atoms with Crippen molar-refractivity contribution in [1.29, 1.82) is 0 Å². The van der Waals surface area contributed by atoms with Crippen LogP contribution in [0, 0.1) is 0 Å². The van der Waals surface area contributed by atoms with Gasteiger partial charge in [0.25, 0.3) is 0 Å². The second kappa shape index (κ2) is 7.33. The summed E-state index contributed by atoms with van der Waals surface area (Å²) in [4.78, 5) is 15.3. The number of hydrogen-bond acceptors (Lipinski definition) is 5. The van der Waals surface area contributed by atoms with Crippen LogP contribution in [0.3, 0.4) is 0 Å². The molecule has 0 aliphatic carbocycles. The molecule has 0 bridgehead atoms. The summed E-state index contributed by atoms with van der Waals surface area (Å²) in [6, 6.07) is 0. The number of rotatable bonds is 7. The molecule has 0 saturated heterocycles. The summed E-state index contributed by atoms with van der Waals surface area (Å²) in [6.07, 6.45) is 1.73. The van der Waals surface area contributed by atoms with Gasteiger partial charge in [-0.15, -0.1) is 11.3 Å². The van der Waals surface area contributed by atoms with Gasteiger partial charge in [0.15, 0.2) is 0 Å². The number of thiazole rings is 1. The standard InChI is InChI=1S/C9H15N3O2S/c1-14-4-2-10-6-8(13)12-7-9-11-3-5-15-9/h3,5,10H,2,4,6-7H2,1H3,(H,12,13). The van der Waals surface area contributed by atoms with E-state index in [1.807, 2.05) is 5.38 Å². The molecule has 0 spiro atoms. The van der Waals surface area contributed by atoms with Crippen molar-refractivity contribution in [2.75, 3.05) is 26.8 Å². The zero-order chi connectivity index (χ0) is 10.9. The van der Waals surface area contributed by atoms with E-state index in [-0.39, 0.29) is 5.91 Å². The van der Waals surface area contributed by atoms with Crippen LogP contribution in [0.25, 0.3) is 0 Å². The number of methoxy groups -OCH3 is 1. The van der Waals surface area contributed by atoms with Crippen LogP contribution in [0.15, 0.2) is 11.6 Å². The lowest BCUT2D eigenvalue weighted by atomic mass is 10.5. The van der Waals surface area contributed by atoms with Crippen molar-refractivity contribution < 1.29 is 9.53 Å². The van der Waals surface area contributed by atoms with Crippen molar-refractivity contribution >= 4 is 17.2 Å². The predicted molar refractivity (Wildman–Crippen MR) is 58.7 cm³/mol. The van der Waals surface area contributed by atoms with Crippen LogP contribution in [0.5, 0.6) is 0 Å². The third-order valence-electron chi connectivity index (χ3n) is 1.69. The molecule has 1 aromatic rings. The minimum atomic E-state index is -0.0266. The molecule has 1 rings (SSSR count). The van der Waals surface area contributed by atoms with Crippen molar-refractivity contribution in [1.82, 2.24) is 15.6 Å². The number of amides is 1. The molecule has 1 aromatic heterocycles. The molecule has 0 saturated carbocycles. The second-order valence-electron chi connectivity index (χ2n) is 2.87. The van der Waals surface area contributed by atoms with Crippen LogP contribution in [0.2, 0.25) is 0 Å². The summed E-state index contributed by atoms with van der Waals surface area (Å²) < 4.78 is 4.84. The summed E-state index contributed by atoms with van der Waals surface area (Å²) in [5.41, 5.74) is 0. The van der Waals surface area contributed by atoms with Gasteiger partial charge >= 0.3 is 0 Å². The van der Waals surface area contributed by atoms with E-state index in [4.69, 9.17) is 4.74 Å². The van der Waals surface area contributed by atoms with Gasteiger partial charge in [0.05, 0.1) is 19.7 Å². The fraction of sp³-hybridized carbons (Fsp3) is 0.556. The molecular formula is C9H15N3O2S. The zero-order valence-electron chi connectivity index (χ0n) is 8.66. The quantitative estimate of drug-likeness (QED) is 0.646. The third kappa shape index (κ3) is 5.46. The van der Waals surface area contributed by atoms with Crippen molar-refractivity contribution in [2.45, 2.75) is 6.54 Å². The second-order valence-corrected chi connectivity index (χ2v) is 3.85. The summed E-state index contributed by atoms with van der Waals surface area (Å²) in [5.74, 6) is -0.0266. The van der Waals surface area contributed by atoms with Crippen molar-refractivity contribution in [3.05, 3.63) is 16.6 Å². The molecular weight excluding hydrogens is 214 g/mol. The van der Waals surface area contributed by atoms with Crippen molar-refractivity contribution in [3.8, 4) is 0 Å². The van der Waals surface area contributed by atoms with E-state index in [0.29, 0.717) is 26.2 Å². The molecule has 1 heterocycles. The highest BCUT2D eigenvalue weighted by Crippen LogP contribution is 2.01. The van der Waals surface area contributed by atoms with Gasteiger partial charge in [-0.3, -0.25) is 4.79 Å². The van der Waals surface area contributed by atoms with Crippen LogP contribution in [0.1, 0.15) is 5.01 Å². The lowest BCUT2D eigenvalue weighted by Crippen LogP contribution is -2.34. The first-order valence-electron chi connectivity index (χ1n) is 4.67. The van der Waals surface area contributed by atoms with Crippen molar-refractivity contribution in [3.63, 3.8) is 0 Å². The Hall–Kier alpha value is -0.980. The smallest absolute Gasteiger partial charge is 0.234 e. The molecule has 84 valence electrons. The fourth-order valence-electron chi connectivity index (χ4n) is 0.953. The molecule has 0 aliphatic heterocycles. The number of carbonyl (C=O) groups excluding carboxylic acids is 1. The Bertz CT molecular complexity index is 277. The van der Waals surface area contributed by atoms with E-state index in [1.165, 1.54) is 11.3 Å². The fourth-order valence-corrected chi connectivity index (χ4v) is 1.51. The molecule has 0 aromatic carbocycles. The first kappa shape index (κ1) is 12.1. The van der Waals surface area contributed by atoms with Crippen LogP contribution in [0.4, 0.5) is 0 Å². The maximum Gasteiger partial charge on any atom is 0.234 e. The molecule has 0 aliphatic rings. The van der Waals surface area contributed by atoms with Crippen LogP contribution < -0.4 is 10.6 Å². The Morgan fingerprint density at radius 2 is 2.53 bits per heavy atom. The molecule has 1 amide bonds. The normalized spacial score (nSPS) is 10.2. The van der Waals surface area contributed by atoms with E-state index in [2.05, 4.69) is 15.6 Å².